The van der Waals surface area contributed by atoms with Crippen LogP contribution in [-0.2, 0) is 9.53 Å². The van der Waals surface area contributed by atoms with Crippen LogP contribution in [0.5, 0.6) is 11.5 Å². The predicted molar refractivity (Wildman–Crippen MR) is 179 cm³/mol. The minimum absolute atomic E-state index is 0.0695. The smallest absolute Gasteiger partial charge is 0.298 e. The van der Waals surface area contributed by atoms with Gasteiger partial charge in [0.15, 0.2) is 0 Å². The molecule has 4 aromatic rings. The van der Waals surface area contributed by atoms with E-state index < -0.39 is 0 Å². The van der Waals surface area contributed by atoms with Crippen LogP contribution in [0.3, 0.4) is 0 Å². The molecule has 1 aromatic heterocycles. The van der Waals surface area contributed by atoms with Crippen molar-refractivity contribution in [3.8, 4) is 17.6 Å². The Morgan fingerprint density at radius 3 is 2.24 bits per heavy atom. The molecule has 0 saturated carbocycles. The van der Waals surface area contributed by atoms with Gasteiger partial charge in [-0.05, 0) is 72.7 Å². The number of pyridine rings is 1. The van der Waals surface area contributed by atoms with Crippen LogP contribution in [0, 0.1) is 18.3 Å². The van der Waals surface area contributed by atoms with Crippen LogP contribution in [0.15, 0.2) is 91.1 Å². The SMILES string of the molecule is CC.CC.Cc1ccc(Oc2ccccc2)cc1/C(=C/c1cccc(C(=O)N2CCN(c3ccc(C#N)cn3)CC2)c1)OC=O. The summed E-state index contributed by atoms with van der Waals surface area (Å²) in [4.78, 5) is 33.1. The third-order valence-electron chi connectivity index (χ3n) is 6.83. The van der Waals surface area contributed by atoms with Gasteiger partial charge >= 0.3 is 0 Å². The topological polar surface area (TPSA) is 95.8 Å². The molecular weight excluding hydrogens is 564 g/mol. The number of carbonyl (C=O) groups is 2. The highest BCUT2D eigenvalue weighted by Gasteiger charge is 2.23. The zero-order valence-corrected chi connectivity index (χ0v) is 26.6. The van der Waals surface area contributed by atoms with Crippen LogP contribution in [0.4, 0.5) is 5.82 Å². The van der Waals surface area contributed by atoms with Crippen LogP contribution in [0.2, 0.25) is 0 Å². The number of piperazine rings is 1. The highest BCUT2D eigenvalue weighted by molar-refractivity contribution is 5.95. The molecule has 0 aliphatic carbocycles. The summed E-state index contributed by atoms with van der Waals surface area (Å²) < 4.78 is 11.4. The van der Waals surface area contributed by atoms with E-state index in [0.29, 0.717) is 66.6 Å². The number of aryl methyl sites for hydroxylation is 1. The lowest BCUT2D eigenvalue weighted by Gasteiger charge is -2.35. The van der Waals surface area contributed by atoms with Crippen molar-refractivity contribution in [2.24, 2.45) is 0 Å². The monoisotopic (exact) mass is 604 g/mol. The molecule has 0 N–H and O–H groups in total. The number of anilines is 1. The van der Waals surface area contributed by atoms with Gasteiger partial charge in [-0.1, -0.05) is 64.1 Å². The molecule has 0 atom stereocenters. The Hall–Kier alpha value is -5.42. The lowest BCUT2D eigenvalue weighted by Crippen LogP contribution is -2.49. The predicted octanol–water partition coefficient (Wildman–Crippen LogP) is 7.74. The highest BCUT2D eigenvalue weighted by Crippen LogP contribution is 2.29. The fraction of sp³-hybridized carbons (Fsp3) is 0.243. The van der Waals surface area contributed by atoms with Gasteiger partial charge in [-0.2, -0.15) is 5.26 Å². The molecule has 0 radical (unpaired) electrons. The van der Waals surface area contributed by atoms with E-state index in [1.807, 2.05) is 106 Å². The van der Waals surface area contributed by atoms with Crippen molar-refractivity contribution in [3.05, 3.63) is 119 Å². The first-order chi connectivity index (χ1) is 22.0. The first-order valence-corrected chi connectivity index (χ1v) is 15.2. The van der Waals surface area contributed by atoms with E-state index in [1.54, 1.807) is 30.5 Å². The number of hydrogen-bond acceptors (Lipinski definition) is 7. The van der Waals surface area contributed by atoms with Crippen molar-refractivity contribution in [1.29, 1.82) is 5.26 Å². The van der Waals surface area contributed by atoms with Gasteiger partial charge in [0.05, 0.1) is 5.56 Å². The number of hydrogen-bond donors (Lipinski definition) is 0. The molecule has 5 rings (SSSR count). The minimum Gasteiger partial charge on any atom is -0.457 e. The molecule has 0 bridgehead atoms. The number of para-hydroxylation sites is 1. The summed E-state index contributed by atoms with van der Waals surface area (Å²) >= 11 is 0. The molecule has 1 aliphatic heterocycles. The van der Waals surface area contributed by atoms with Gasteiger partial charge in [0.1, 0.15) is 29.1 Å². The van der Waals surface area contributed by atoms with E-state index >= 15 is 0 Å². The Morgan fingerprint density at radius 1 is 0.867 bits per heavy atom. The molecule has 45 heavy (non-hydrogen) atoms. The maximum atomic E-state index is 13.4. The van der Waals surface area contributed by atoms with Crippen LogP contribution in [0.25, 0.3) is 11.8 Å². The first kappa shape index (κ1) is 34.1. The van der Waals surface area contributed by atoms with Crippen molar-refractivity contribution in [2.75, 3.05) is 31.1 Å². The van der Waals surface area contributed by atoms with Gasteiger partial charge < -0.3 is 19.3 Å². The number of carbonyl (C=O) groups excluding carboxylic acids is 2. The van der Waals surface area contributed by atoms with Crippen molar-refractivity contribution in [2.45, 2.75) is 34.6 Å². The average Bonchev–Trinajstić information content (AvgIpc) is 3.11. The Kier molecular flexibility index (Phi) is 13.4. The molecule has 1 aliphatic rings. The molecular formula is C37H40N4O4. The number of benzene rings is 3. The van der Waals surface area contributed by atoms with E-state index in [0.717, 1.165) is 16.9 Å². The average molecular weight is 605 g/mol. The van der Waals surface area contributed by atoms with Crippen LogP contribution < -0.4 is 9.64 Å². The van der Waals surface area contributed by atoms with Gasteiger partial charge in [0.2, 0.25) is 0 Å². The third kappa shape index (κ3) is 9.28. The minimum atomic E-state index is -0.0695. The standard InChI is InChI=1S/C33H28N4O4.2C2H6/c1-24-10-12-29(41-28-8-3-2-4-9-28)20-30(24)31(40-23-38)19-25-6-5-7-27(18-25)33(39)37-16-14-36(15-17-37)32-13-11-26(21-34)22-35-32;2*1-2/h2-13,18-20,22-23H,14-17H2,1H3;2*1-2H3/b31-19-;;. The van der Waals surface area contributed by atoms with E-state index in [4.69, 9.17) is 14.7 Å². The Labute approximate surface area is 266 Å². The van der Waals surface area contributed by atoms with E-state index in [1.165, 1.54) is 0 Å². The summed E-state index contributed by atoms with van der Waals surface area (Å²) in [6.07, 6.45) is 3.30. The molecule has 8 nitrogen and oxygen atoms in total. The molecule has 232 valence electrons. The summed E-state index contributed by atoms with van der Waals surface area (Å²) in [6, 6.07) is 27.9. The Morgan fingerprint density at radius 2 is 1.60 bits per heavy atom. The van der Waals surface area contributed by atoms with Gasteiger partial charge in [0, 0.05) is 43.5 Å². The zero-order valence-electron chi connectivity index (χ0n) is 26.6. The number of rotatable bonds is 8. The highest BCUT2D eigenvalue weighted by atomic mass is 16.5. The fourth-order valence-electron chi connectivity index (χ4n) is 4.66. The number of aromatic nitrogens is 1. The van der Waals surface area contributed by atoms with Gasteiger partial charge in [-0.15, -0.1) is 0 Å². The number of nitrogens with zero attached hydrogens (tertiary/aromatic N) is 4. The lowest BCUT2D eigenvalue weighted by atomic mass is 10.0. The molecule has 1 fully saturated rings. The molecule has 0 unspecified atom stereocenters. The summed E-state index contributed by atoms with van der Waals surface area (Å²) in [7, 11) is 0. The molecule has 1 amide bonds. The number of ether oxygens (including phenoxy) is 2. The molecule has 3 aromatic carbocycles. The maximum Gasteiger partial charge on any atom is 0.298 e. The number of amides is 1. The van der Waals surface area contributed by atoms with Crippen molar-refractivity contribution < 1.29 is 19.1 Å². The molecule has 8 heteroatoms. The number of nitriles is 1. The fourth-order valence-corrected chi connectivity index (χ4v) is 4.66. The van der Waals surface area contributed by atoms with Crippen molar-refractivity contribution in [1.82, 2.24) is 9.88 Å². The Bertz CT molecular complexity index is 1600. The Balaban J connectivity index is 0.00000133. The summed E-state index contributed by atoms with van der Waals surface area (Å²) in [6.45, 7) is 12.7. The maximum absolute atomic E-state index is 13.4. The summed E-state index contributed by atoms with van der Waals surface area (Å²) in [5.41, 5.74) is 3.39. The largest absolute Gasteiger partial charge is 0.457 e. The van der Waals surface area contributed by atoms with Crippen molar-refractivity contribution in [3.63, 3.8) is 0 Å². The third-order valence-corrected chi connectivity index (χ3v) is 6.83. The van der Waals surface area contributed by atoms with Crippen LogP contribution >= 0.6 is 0 Å². The van der Waals surface area contributed by atoms with Gasteiger partial charge in [-0.25, -0.2) is 4.98 Å². The second-order valence-electron chi connectivity index (χ2n) is 9.54. The lowest BCUT2D eigenvalue weighted by molar-refractivity contribution is -0.122. The normalized spacial score (nSPS) is 12.4. The summed E-state index contributed by atoms with van der Waals surface area (Å²) in [5.74, 6) is 2.38. The summed E-state index contributed by atoms with van der Waals surface area (Å²) in [5, 5.41) is 8.99. The molecule has 1 saturated heterocycles. The van der Waals surface area contributed by atoms with E-state index in [-0.39, 0.29) is 5.91 Å². The van der Waals surface area contributed by atoms with Crippen LogP contribution in [-0.4, -0.2) is 48.4 Å². The first-order valence-electron chi connectivity index (χ1n) is 15.2. The second-order valence-corrected chi connectivity index (χ2v) is 9.54. The van der Waals surface area contributed by atoms with Gasteiger partial charge in [-0.3, -0.25) is 9.59 Å². The van der Waals surface area contributed by atoms with Crippen LogP contribution in [0.1, 0.15) is 60.3 Å². The van der Waals surface area contributed by atoms with Crippen molar-refractivity contribution >= 4 is 30.0 Å². The molecule has 2 heterocycles. The second kappa shape index (κ2) is 17.6. The van der Waals surface area contributed by atoms with Gasteiger partial charge in [0.25, 0.3) is 12.4 Å². The zero-order chi connectivity index (χ0) is 32.6. The van der Waals surface area contributed by atoms with E-state index in [9.17, 15) is 9.59 Å². The van der Waals surface area contributed by atoms with E-state index in [2.05, 4.69) is 16.0 Å². The quantitative estimate of drug-likeness (QED) is 0.115. The molecule has 0 spiro atoms.